The van der Waals surface area contributed by atoms with E-state index in [1.807, 2.05) is 0 Å². The van der Waals surface area contributed by atoms with Gasteiger partial charge in [-0.25, -0.2) is 25.5 Å². The van der Waals surface area contributed by atoms with Crippen molar-refractivity contribution >= 4 is 26.0 Å². The van der Waals surface area contributed by atoms with Crippen LogP contribution in [0.1, 0.15) is 32.3 Å². The summed E-state index contributed by atoms with van der Waals surface area (Å²) in [5.41, 5.74) is 0.741. The van der Waals surface area contributed by atoms with E-state index in [0.717, 1.165) is 22.0 Å². The van der Waals surface area contributed by atoms with Crippen molar-refractivity contribution in [3.05, 3.63) is 59.9 Å². The lowest BCUT2D eigenvalue weighted by molar-refractivity contribution is -0.121. The molecule has 0 saturated heterocycles. The molecular formula is C22H30FN3O5S2. The molecule has 8 nitrogen and oxygen atoms in total. The molecule has 0 spiro atoms. The second-order valence-electron chi connectivity index (χ2n) is 7.92. The van der Waals surface area contributed by atoms with Gasteiger partial charge in [-0.3, -0.25) is 4.79 Å². The van der Waals surface area contributed by atoms with E-state index in [9.17, 15) is 26.0 Å². The van der Waals surface area contributed by atoms with E-state index in [-0.39, 0.29) is 41.3 Å². The van der Waals surface area contributed by atoms with Crippen LogP contribution in [0.15, 0.2) is 58.3 Å². The minimum absolute atomic E-state index is 0.0131. The summed E-state index contributed by atoms with van der Waals surface area (Å²) in [5, 5.41) is 2.74. The van der Waals surface area contributed by atoms with E-state index < -0.39 is 25.9 Å². The molecule has 0 atom stereocenters. The van der Waals surface area contributed by atoms with Crippen LogP contribution in [0, 0.1) is 5.82 Å². The number of amides is 1. The Labute approximate surface area is 195 Å². The molecular weight excluding hydrogens is 469 g/mol. The van der Waals surface area contributed by atoms with Gasteiger partial charge in [0.05, 0.1) is 9.79 Å². The van der Waals surface area contributed by atoms with Gasteiger partial charge < -0.3 is 5.32 Å². The van der Waals surface area contributed by atoms with Crippen LogP contribution in [-0.4, -0.2) is 58.0 Å². The van der Waals surface area contributed by atoms with Crippen molar-refractivity contribution in [1.29, 1.82) is 0 Å². The molecule has 2 rings (SSSR count). The molecule has 0 radical (unpaired) electrons. The van der Waals surface area contributed by atoms with Crippen molar-refractivity contribution in [2.75, 3.05) is 20.6 Å². The SMILES string of the molecule is CC(C)N(C)S(=O)(=O)c1ccc(CNC(=O)CCCN(C)S(=O)(=O)c2ccc(F)cc2)cc1. The lowest BCUT2D eigenvalue weighted by atomic mass is 10.2. The first kappa shape index (κ1) is 26.9. The fraction of sp³-hybridized carbons (Fsp3) is 0.409. The number of sulfonamides is 2. The zero-order valence-corrected chi connectivity index (χ0v) is 20.8. The standard InChI is InChI=1S/C22H30FN3O5S2/c1-17(2)26(4)33(30,31)21-11-7-18(8-12-21)16-24-22(27)6-5-15-25(3)32(28,29)20-13-9-19(23)10-14-20/h7-14,17H,5-6,15-16H2,1-4H3,(H,24,27). The van der Waals surface area contributed by atoms with Crippen LogP contribution in [0.4, 0.5) is 4.39 Å². The molecule has 182 valence electrons. The minimum Gasteiger partial charge on any atom is -0.352 e. The summed E-state index contributed by atoms with van der Waals surface area (Å²) >= 11 is 0. The highest BCUT2D eigenvalue weighted by atomic mass is 32.2. The normalized spacial score (nSPS) is 12.5. The largest absolute Gasteiger partial charge is 0.352 e. The molecule has 0 aliphatic heterocycles. The average molecular weight is 500 g/mol. The maximum atomic E-state index is 13.0. The first-order valence-electron chi connectivity index (χ1n) is 10.4. The Hall–Kier alpha value is -2.34. The summed E-state index contributed by atoms with van der Waals surface area (Å²) < 4.78 is 65.3. The van der Waals surface area contributed by atoms with E-state index in [1.165, 1.54) is 42.7 Å². The van der Waals surface area contributed by atoms with Crippen molar-refractivity contribution < 1.29 is 26.0 Å². The summed E-state index contributed by atoms with van der Waals surface area (Å²) in [5.74, 6) is -0.772. The summed E-state index contributed by atoms with van der Waals surface area (Å²) in [6.07, 6.45) is 0.427. The predicted molar refractivity (Wildman–Crippen MR) is 124 cm³/mol. The Morgan fingerprint density at radius 1 is 0.909 bits per heavy atom. The monoisotopic (exact) mass is 499 g/mol. The number of hydrogen-bond acceptors (Lipinski definition) is 5. The Kier molecular flexibility index (Phi) is 9.12. The van der Waals surface area contributed by atoms with Crippen LogP contribution in [0.3, 0.4) is 0 Å². The molecule has 0 aromatic heterocycles. The molecule has 0 aliphatic carbocycles. The molecule has 1 amide bonds. The van der Waals surface area contributed by atoms with E-state index in [4.69, 9.17) is 0 Å². The van der Waals surface area contributed by atoms with Gasteiger partial charge in [0.2, 0.25) is 26.0 Å². The van der Waals surface area contributed by atoms with Gasteiger partial charge in [-0.2, -0.15) is 4.31 Å². The number of carbonyl (C=O) groups excluding carboxylic acids is 1. The second-order valence-corrected chi connectivity index (χ2v) is 12.0. The Bertz CT molecular complexity index is 1150. The lowest BCUT2D eigenvalue weighted by Crippen LogP contribution is -2.33. The maximum absolute atomic E-state index is 13.0. The molecule has 11 heteroatoms. The van der Waals surface area contributed by atoms with Gasteiger partial charge in [0.25, 0.3) is 0 Å². The summed E-state index contributed by atoms with van der Waals surface area (Å²) in [6.45, 7) is 3.93. The number of nitrogens with zero attached hydrogens (tertiary/aromatic N) is 2. The first-order chi connectivity index (χ1) is 15.4. The highest BCUT2D eigenvalue weighted by molar-refractivity contribution is 7.89. The third kappa shape index (κ3) is 7.07. The van der Waals surface area contributed by atoms with E-state index in [1.54, 1.807) is 26.0 Å². The van der Waals surface area contributed by atoms with Gasteiger partial charge in [-0.1, -0.05) is 12.1 Å². The number of hydrogen-bond donors (Lipinski definition) is 1. The third-order valence-electron chi connectivity index (χ3n) is 5.22. The topological polar surface area (TPSA) is 104 Å². The highest BCUT2D eigenvalue weighted by Crippen LogP contribution is 2.18. The Balaban J connectivity index is 1.83. The van der Waals surface area contributed by atoms with Gasteiger partial charge in [-0.15, -0.1) is 0 Å². The maximum Gasteiger partial charge on any atom is 0.243 e. The fourth-order valence-electron chi connectivity index (χ4n) is 2.88. The van der Waals surface area contributed by atoms with E-state index in [0.29, 0.717) is 6.42 Å². The smallest absolute Gasteiger partial charge is 0.243 e. The molecule has 1 N–H and O–H groups in total. The molecule has 0 fully saturated rings. The summed E-state index contributed by atoms with van der Waals surface area (Å²) in [6, 6.07) is 10.7. The van der Waals surface area contributed by atoms with Gasteiger partial charge in [-0.05, 0) is 62.2 Å². The number of carbonyl (C=O) groups is 1. The number of nitrogens with one attached hydrogen (secondary N) is 1. The van der Waals surface area contributed by atoms with Crippen molar-refractivity contribution in [1.82, 2.24) is 13.9 Å². The Morgan fingerprint density at radius 2 is 1.42 bits per heavy atom. The van der Waals surface area contributed by atoms with Crippen LogP contribution in [-0.2, 0) is 31.4 Å². The molecule has 0 unspecified atom stereocenters. The van der Waals surface area contributed by atoms with Crippen molar-refractivity contribution in [2.45, 2.75) is 49.1 Å². The number of benzene rings is 2. The quantitative estimate of drug-likeness (QED) is 0.512. The highest BCUT2D eigenvalue weighted by Gasteiger charge is 2.23. The van der Waals surface area contributed by atoms with Gasteiger partial charge in [0.1, 0.15) is 5.82 Å². The van der Waals surface area contributed by atoms with Crippen LogP contribution >= 0.6 is 0 Å². The number of halogens is 1. The predicted octanol–water partition coefficient (Wildman–Crippen LogP) is 2.57. The second kappa shape index (κ2) is 11.2. The Morgan fingerprint density at radius 3 is 1.97 bits per heavy atom. The summed E-state index contributed by atoms with van der Waals surface area (Å²) in [7, 11) is -4.39. The molecule has 0 aliphatic rings. The molecule has 0 heterocycles. The van der Waals surface area contributed by atoms with Crippen LogP contribution in [0.5, 0.6) is 0 Å². The van der Waals surface area contributed by atoms with Crippen molar-refractivity contribution in [2.24, 2.45) is 0 Å². The molecule has 0 saturated carbocycles. The molecule has 2 aromatic carbocycles. The molecule has 2 aromatic rings. The van der Waals surface area contributed by atoms with E-state index >= 15 is 0 Å². The van der Waals surface area contributed by atoms with Gasteiger partial charge >= 0.3 is 0 Å². The molecule has 0 bridgehead atoms. The molecule has 33 heavy (non-hydrogen) atoms. The lowest BCUT2D eigenvalue weighted by Gasteiger charge is -2.21. The van der Waals surface area contributed by atoms with Gasteiger partial charge in [0, 0.05) is 39.6 Å². The average Bonchev–Trinajstić information content (AvgIpc) is 2.77. The van der Waals surface area contributed by atoms with Crippen molar-refractivity contribution in [3.63, 3.8) is 0 Å². The van der Waals surface area contributed by atoms with Gasteiger partial charge in [0.15, 0.2) is 0 Å². The van der Waals surface area contributed by atoms with Crippen LogP contribution in [0.25, 0.3) is 0 Å². The first-order valence-corrected chi connectivity index (χ1v) is 13.3. The third-order valence-corrected chi connectivity index (χ3v) is 9.13. The van der Waals surface area contributed by atoms with Crippen molar-refractivity contribution in [3.8, 4) is 0 Å². The van der Waals surface area contributed by atoms with Crippen LogP contribution in [0.2, 0.25) is 0 Å². The zero-order chi connectivity index (χ0) is 24.8. The summed E-state index contributed by atoms with van der Waals surface area (Å²) in [4.78, 5) is 12.3. The zero-order valence-electron chi connectivity index (χ0n) is 19.2. The fourth-order valence-corrected chi connectivity index (χ4v) is 5.46. The number of rotatable bonds is 11. The van der Waals surface area contributed by atoms with Crippen LogP contribution < -0.4 is 5.32 Å². The minimum atomic E-state index is -3.75. The van der Waals surface area contributed by atoms with E-state index in [2.05, 4.69) is 5.32 Å².